The molecule has 0 aliphatic carbocycles. The maximum absolute atomic E-state index is 12.8. The van der Waals surface area contributed by atoms with Gasteiger partial charge in [0.2, 0.25) is 5.91 Å². The van der Waals surface area contributed by atoms with Crippen molar-refractivity contribution in [3.63, 3.8) is 0 Å². The molecule has 0 atom stereocenters. The summed E-state index contributed by atoms with van der Waals surface area (Å²) in [5, 5.41) is 0. The third-order valence-corrected chi connectivity index (χ3v) is 5.48. The number of rotatable bonds is 7. The predicted molar refractivity (Wildman–Crippen MR) is 119 cm³/mol. The van der Waals surface area contributed by atoms with E-state index in [1.54, 1.807) is 0 Å². The monoisotopic (exact) mass is 417 g/mol. The van der Waals surface area contributed by atoms with Crippen molar-refractivity contribution in [3.05, 3.63) is 84.7 Å². The number of para-hydroxylation sites is 1. The summed E-state index contributed by atoms with van der Waals surface area (Å²) < 4.78 is 7.65. The van der Waals surface area contributed by atoms with Crippen molar-refractivity contribution in [2.75, 3.05) is 32.8 Å². The Morgan fingerprint density at radius 3 is 2.10 bits per heavy atom. The summed E-state index contributed by atoms with van der Waals surface area (Å²) in [6.07, 6.45) is 5.09. The van der Waals surface area contributed by atoms with Gasteiger partial charge in [-0.15, -0.1) is 0 Å². The van der Waals surface area contributed by atoms with Crippen molar-refractivity contribution < 1.29 is 14.3 Å². The SMILES string of the molecule is O=C(CCCOc1ccccc1)N1CCN(C(=O)c2ccc(-n3cccc3)cc2)CC1. The molecule has 2 aromatic carbocycles. The van der Waals surface area contributed by atoms with Crippen LogP contribution in [-0.4, -0.2) is 59.0 Å². The third kappa shape index (κ3) is 5.34. The molecular formula is C25H27N3O3. The zero-order chi connectivity index (χ0) is 21.5. The Balaban J connectivity index is 1.20. The Bertz CT molecular complexity index is 977. The number of amides is 2. The summed E-state index contributed by atoms with van der Waals surface area (Å²) in [6, 6.07) is 21.2. The maximum Gasteiger partial charge on any atom is 0.253 e. The Morgan fingerprint density at radius 2 is 1.42 bits per heavy atom. The number of nitrogens with zero attached hydrogens (tertiary/aromatic N) is 3. The molecule has 1 aliphatic heterocycles. The van der Waals surface area contributed by atoms with Crippen molar-refractivity contribution in [2.45, 2.75) is 12.8 Å². The van der Waals surface area contributed by atoms with Gasteiger partial charge in [-0.3, -0.25) is 9.59 Å². The van der Waals surface area contributed by atoms with Gasteiger partial charge in [0, 0.05) is 56.2 Å². The normalized spacial score (nSPS) is 13.8. The highest BCUT2D eigenvalue weighted by Crippen LogP contribution is 2.14. The van der Waals surface area contributed by atoms with Crippen LogP contribution in [0.5, 0.6) is 5.75 Å². The van der Waals surface area contributed by atoms with Crippen LogP contribution in [0.4, 0.5) is 0 Å². The van der Waals surface area contributed by atoms with Crippen LogP contribution in [0.3, 0.4) is 0 Å². The van der Waals surface area contributed by atoms with Crippen molar-refractivity contribution in [1.29, 1.82) is 0 Å². The molecular weight excluding hydrogens is 390 g/mol. The fraction of sp³-hybridized carbons (Fsp3) is 0.280. The lowest BCUT2D eigenvalue weighted by Gasteiger charge is -2.35. The number of piperazine rings is 1. The number of ether oxygens (including phenoxy) is 1. The highest BCUT2D eigenvalue weighted by molar-refractivity contribution is 5.94. The number of hydrogen-bond acceptors (Lipinski definition) is 3. The summed E-state index contributed by atoms with van der Waals surface area (Å²) in [6.45, 7) is 2.79. The van der Waals surface area contributed by atoms with Gasteiger partial charge in [-0.2, -0.15) is 0 Å². The van der Waals surface area contributed by atoms with Gasteiger partial charge >= 0.3 is 0 Å². The Labute approximate surface area is 182 Å². The molecule has 2 amide bonds. The van der Waals surface area contributed by atoms with E-state index in [9.17, 15) is 9.59 Å². The lowest BCUT2D eigenvalue weighted by molar-refractivity contribution is -0.132. The molecule has 6 heteroatoms. The lowest BCUT2D eigenvalue weighted by atomic mass is 10.1. The minimum atomic E-state index is 0.0161. The second kappa shape index (κ2) is 9.98. The van der Waals surface area contributed by atoms with Gasteiger partial charge in [-0.25, -0.2) is 0 Å². The molecule has 0 unspecified atom stereocenters. The van der Waals surface area contributed by atoms with Crippen LogP contribution in [0.2, 0.25) is 0 Å². The van der Waals surface area contributed by atoms with E-state index in [2.05, 4.69) is 0 Å². The molecule has 2 heterocycles. The average Bonchev–Trinajstić information content (AvgIpc) is 3.37. The Kier molecular flexibility index (Phi) is 6.67. The second-order valence-corrected chi connectivity index (χ2v) is 7.58. The summed E-state index contributed by atoms with van der Waals surface area (Å²) in [4.78, 5) is 29.0. The van der Waals surface area contributed by atoms with E-state index in [1.165, 1.54) is 0 Å². The van der Waals surface area contributed by atoms with E-state index in [0.29, 0.717) is 51.2 Å². The van der Waals surface area contributed by atoms with Gasteiger partial charge < -0.3 is 19.1 Å². The van der Waals surface area contributed by atoms with Crippen LogP contribution in [0.25, 0.3) is 5.69 Å². The van der Waals surface area contributed by atoms with Crippen molar-refractivity contribution in [1.82, 2.24) is 14.4 Å². The van der Waals surface area contributed by atoms with Crippen molar-refractivity contribution in [2.24, 2.45) is 0 Å². The quantitative estimate of drug-likeness (QED) is 0.552. The molecule has 6 nitrogen and oxygen atoms in total. The zero-order valence-electron chi connectivity index (χ0n) is 17.5. The smallest absolute Gasteiger partial charge is 0.253 e. The molecule has 0 spiro atoms. The molecule has 0 saturated carbocycles. The maximum atomic E-state index is 12.8. The topological polar surface area (TPSA) is 54.8 Å². The van der Waals surface area contributed by atoms with Crippen LogP contribution in [-0.2, 0) is 4.79 Å². The summed E-state index contributed by atoms with van der Waals surface area (Å²) >= 11 is 0. The fourth-order valence-corrected chi connectivity index (χ4v) is 3.71. The molecule has 0 bridgehead atoms. The van der Waals surface area contributed by atoms with E-state index < -0.39 is 0 Å². The van der Waals surface area contributed by atoms with Crippen LogP contribution in [0.15, 0.2) is 79.1 Å². The van der Waals surface area contributed by atoms with E-state index in [4.69, 9.17) is 4.74 Å². The summed E-state index contributed by atoms with van der Waals surface area (Å²) in [5.74, 6) is 0.964. The number of aromatic nitrogens is 1. The van der Waals surface area contributed by atoms with E-state index in [0.717, 1.165) is 11.4 Å². The van der Waals surface area contributed by atoms with Gasteiger partial charge in [-0.1, -0.05) is 18.2 Å². The number of carbonyl (C=O) groups excluding carboxylic acids is 2. The van der Waals surface area contributed by atoms with E-state index in [1.807, 2.05) is 93.5 Å². The molecule has 1 saturated heterocycles. The zero-order valence-corrected chi connectivity index (χ0v) is 17.5. The summed E-state index contributed by atoms with van der Waals surface area (Å²) in [7, 11) is 0. The van der Waals surface area contributed by atoms with Crippen molar-refractivity contribution >= 4 is 11.8 Å². The summed E-state index contributed by atoms with van der Waals surface area (Å²) in [5.41, 5.74) is 1.70. The molecule has 0 N–H and O–H groups in total. The largest absolute Gasteiger partial charge is 0.494 e. The van der Waals surface area contributed by atoms with Crippen LogP contribution in [0, 0.1) is 0 Å². The average molecular weight is 418 g/mol. The van der Waals surface area contributed by atoms with Crippen molar-refractivity contribution in [3.8, 4) is 11.4 Å². The molecule has 31 heavy (non-hydrogen) atoms. The lowest BCUT2D eigenvalue weighted by Crippen LogP contribution is -2.50. The fourth-order valence-electron chi connectivity index (χ4n) is 3.71. The van der Waals surface area contributed by atoms with Gasteiger partial charge in [0.15, 0.2) is 0 Å². The second-order valence-electron chi connectivity index (χ2n) is 7.58. The molecule has 3 aromatic rings. The van der Waals surface area contributed by atoms with E-state index >= 15 is 0 Å². The Morgan fingerprint density at radius 1 is 0.774 bits per heavy atom. The number of carbonyl (C=O) groups is 2. The first-order valence-corrected chi connectivity index (χ1v) is 10.7. The Hall–Kier alpha value is -3.54. The van der Waals surface area contributed by atoms with E-state index in [-0.39, 0.29) is 11.8 Å². The first-order valence-electron chi connectivity index (χ1n) is 10.7. The third-order valence-electron chi connectivity index (χ3n) is 5.48. The minimum absolute atomic E-state index is 0.0161. The first-order chi connectivity index (χ1) is 15.2. The predicted octanol–water partition coefficient (Wildman–Crippen LogP) is 3.62. The van der Waals surface area contributed by atoms with Crippen LogP contribution >= 0.6 is 0 Å². The molecule has 1 aliphatic rings. The molecule has 1 aromatic heterocycles. The highest BCUT2D eigenvalue weighted by atomic mass is 16.5. The molecule has 1 fully saturated rings. The highest BCUT2D eigenvalue weighted by Gasteiger charge is 2.24. The molecule has 160 valence electrons. The first kappa shape index (κ1) is 20.7. The number of hydrogen-bond donors (Lipinski definition) is 0. The van der Waals surface area contributed by atoms with Gasteiger partial charge in [0.1, 0.15) is 5.75 Å². The van der Waals surface area contributed by atoms with Gasteiger partial charge in [0.05, 0.1) is 6.61 Å². The van der Waals surface area contributed by atoms with Gasteiger partial charge in [-0.05, 0) is 55.0 Å². The van der Waals surface area contributed by atoms with Gasteiger partial charge in [0.25, 0.3) is 5.91 Å². The standard InChI is InChI=1S/C25H27N3O3/c29-24(9-6-20-31-23-7-2-1-3-8-23)27-16-18-28(19-17-27)25(30)21-10-12-22(13-11-21)26-14-4-5-15-26/h1-5,7-8,10-15H,6,9,16-20H2. The molecule has 4 rings (SSSR count). The molecule has 0 radical (unpaired) electrons. The number of benzene rings is 2. The van der Waals surface area contributed by atoms with Crippen LogP contribution < -0.4 is 4.74 Å². The minimum Gasteiger partial charge on any atom is -0.494 e. The van der Waals surface area contributed by atoms with Crippen LogP contribution in [0.1, 0.15) is 23.2 Å².